The van der Waals surface area contributed by atoms with Crippen molar-refractivity contribution >= 4 is 11.6 Å². The molecular formula is C13H9ClF2O. The van der Waals surface area contributed by atoms with Gasteiger partial charge in [0.15, 0.2) is 11.6 Å². The van der Waals surface area contributed by atoms with Gasteiger partial charge in [-0.3, -0.25) is 0 Å². The lowest BCUT2D eigenvalue weighted by molar-refractivity contribution is 0.288. The van der Waals surface area contributed by atoms with Gasteiger partial charge in [0.2, 0.25) is 0 Å². The molecule has 2 aromatic carbocycles. The first-order valence-electron chi connectivity index (χ1n) is 4.98. The monoisotopic (exact) mass is 254 g/mol. The minimum atomic E-state index is -0.698. The van der Waals surface area contributed by atoms with Crippen molar-refractivity contribution in [2.24, 2.45) is 0 Å². The summed E-state index contributed by atoms with van der Waals surface area (Å²) in [6.07, 6.45) is 0. The molecule has 0 aliphatic carbocycles. The highest BCUT2D eigenvalue weighted by molar-refractivity contribution is 6.32. The van der Waals surface area contributed by atoms with Crippen LogP contribution in [0.15, 0.2) is 42.5 Å². The third-order valence-corrected chi connectivity index (χ3v) is 2.58. The minimum Gasteiger partial charge on any atom is -0.484 e. The summed E-state index contributed by atoms with van der Waals surface area (Å²) in [5.41, 5.74) is 0.854. The number of halogens is 3. The fourth-order valence-electron chi connectivity index (χ4n) is 1.37. The first-order chi connectivity index (χ1) is 8.18. The largest absolute Gasteiger partial charge is 0.484 e. The molecule has 0 unspecified atom stereocenters. The van der Waals surface area contributed by atoms with Crippen molar-refractivity contribution in [2.75, 3.05) is 0 Å². The lowest BCUT2D eigenvalue weighted by atomic mass is 10.2. The molecule has 1 nitrogen and oxygen atoms in total. The Labute approximate surface area is 103 Å². The molecule has 0 amide bonds. The van der Waals surface area contributed by atoms with Gasteiger partial charge in [-0.1, -0.05) is 41.9 Å². The Kier molecular flexibility index (Phi) is 3.59. The Morgan fingerprint density at radius 1 is 0.941 bits per heavy atom. The van der Waals surface area contributed by atoms with Gasteiger partial charge in [-0.05, 0) is 17.7 Å². The zero-order valence-electron chi connectivity index (χ0n) is 8.79. The van der Waals surface area contributed by atoms with Crippen molar-refractivity contribution in [1.82, 2.24) is 0 Å². The molecule has 2 rings (SSSR count). The zero-order chi connectivity index (χ0) is 12.3. The molecule has 17 heavy (non-hydrogen) atoms. The van der Waals surface area contributed by atoms with Crippen LogP contribution < -0.4 is 4.74 Å². The highest BCUT2D eigenvalue weighted by Crippen LogP contribution is 2.30. The molecule has 0 bridgehead atoms. The van der Waals surface area contributed by atoms with Crippen LogP contribution in [0.3, 0.4) is 0 Å². The highest BCUT2D eigenvalue weighted by Gasteiger charge is 2.13. The Hall–Kier alpha value is -1.61. The molecule has 0 atom stereocenters. The summed E-state index contributed by atoms with van der Waals surface area (Å²) in [7, 11) is 0. The van der Waals surface area contributed by atoms with Crippen LogP contribution in [0, 0.1) is 11.6 Å². The Balaban J connectivity index is 2.17. The third kappa shape index (κ3) is 2.74. The van der Waals surface area contributed by atoms with E-state index in [0.29, 0.717) is 0 Å². The van der Waals surface area contributed by atoms with E-state index in [1.54, 1.807) is 0 Å². The molecule has 88 valence electrons. The van der Waals surface area contributed by atoms with E-state index in [2.05, 4.69) is 0 Å². The topological polar surface area (TPSA) is 9.23 Å². The fourth-order valence-corrected chi connectivity index (χ4v) is 1.58. The van der Waals surface area contributed by atoms with Crippen LogP contribution in [-0.4, -0.2) is 0 Å². The number of hydrogen-bond donors (Lipinski definition) is 0. The number of ether oxygens (including phenoxy) is 1. The lowest BCUT2D eigenvalue weighted by Gasteiger charge is -2.09. The van der Waals surface area contributed by atoms with Gasteiger partial charge in [-0.25, -0.2) is 8.78 Å². The summed E-state index contributed by atoms with van der Waals surface area (Å²) in [5, 5.41) is -0.332. The van der Waals surface area contributed by atoms with E-state index < -0.39 is 11.6 Å². The second kappa shape index (κ2) is 5.15. The van der Waals surface area contributed by atoms with Gasteiger partial charge in [0.25, 0.3) is 0 Å². The molecule has 0 N–H and O–H groups in total. The minimum absolute atomic E-state index is 0.140. The molecule has 0 saturated heterocycles. The van der Waals surface area contributed by atoms with Crippen LogP contribution in [-0.2, 0) is 6.61 Å². The van der Waals surface area contributed by atoms with Crippen LogP contribution in [0.25, 0.3) is 0 Å². The fraction of sp³-hybridized carbons (Fsp3) is 0.0769. The summed E-state index contributed by atoms with van der Waals surface area (Å²) >= 11 is 5.62. The maximum atomic E-state index is 13.4. The average Bonchev–Trinajstić information content (AvgIpc) is 2.35. The van der Waals surface area contributed by atoms with E-state index in [1.165, 1.54) is 0 Å². The summed E-state index contributed by atoms with van der Waals surface area (Å²) in [4.78, 5) is 0. The predicted octanol–water partition coefficient (Wildman–Crippen LogP) is 4.20. The third-order valence-electron chi connectivity index (χ3n) is 2.23. The Morgan fingerprint density at radius 2 is 1.59 bits per heavy atom. The zero-order valence-corrected chi connectivity index (χ0v) is 9.55. The second-order valence-electron chi connectivity index (χ2n) is 3.45. The molecule has 0 aromatic heterocycles. The summed E-state index contributed by atoms with van der Waals surface area (Å²) in [6.45, 7) is 0.140. The second-order valence-corrected chi connectivity index (χ2v) is 3.82. The molecule has 0 aliphatic rings. The molecule has 2 aromatic rings. The van der Waals surface area contributed by atoms with Gasteiger partial charge < -0.3 is 4.74 Å². The van der Waals surface area contributed by atoms with Gasteiger partial charge in [-0.15, -0.1) is 0 Å². The van der Waals surface area contributed by atoms with Crippen LogP contribution in [0.1, 0.15) is 5.56 Å². The predicted molar refractivity (Wildman–Crippen MR) is 62.1 cm³/mol. The van der Waals surface area contributed by atoms with Crippen molar-refractivity contribution in [1.29, 1.82) is 0 Å². The molecule has 0 spiro atoms. The molecule has 0 heterocycles. The van der Waals surface area contributed by atoms with Crippen molar-refractivity contribution in [2.45, 2.75) is 6.61 Å². The van der Waals surface area contributed by atoms with Crippen molar-refractivity contribution < 1.29 is 13.5 Å². The van der Waals surface area contributed by atoms with E-state index in [4.69, 9.17) is 16.3 Å². The van der Waals surface area contributed by atoms with Crippen LogP contribution >= 0.6 is 11.6 Å². The first-order valence-corrected chi connectivity index (χ1v) is 5.36. The Morgan fingerprint density at radius 3 is 2.29 bits per heavy atom. The quantitative estimate of drug-likeness (QED) is 0.746. The van der Waals surface area contributed by atoms with E-state index in [0.717, 1.165) is 17.7 Å². The number of rotatable bonds is 3. The SMILES string of the molecule is Fc1ccc(F)c(OCc2ccccc2)c1Cl. The van der Waals surface area contributed by atoms with Crippen LogP contribution in [0.5, 0.6) is 5.75 Å². The molecular weight excluding hydrogens is 246 g/mol. The number of benzene rings is 2. The van der Waals surface area contributed by atoms with Crippen LogP contribution in [0.4, 0.5) is 8.78 Å². The first kappa shape index (κ1) is 11.9. The van der Waals surface area contributed by atoms with Crippen molar-refractivity contribution in [3.8, 4) is 5.75 Å². The number of hydrogen-bond acceptors (Lipinski definition) is 1. The maximum absolute atomic E-state index is 13.4. The lowest BCUT2D eigenvalue weighted by Crippen LogP contribution is -1.99. The smallest absolute Gasteiger partial charge is 0.177 e. The Bertz CT molecular complexity index is 514. The van der Waals surface area contributed by atoms with Crippen LogP contribution in [0.2, 0.25) is 5.02 Å². The van der Waals surface area contributed by atoms with Gasteiger partial charge in [-0.2, -0.15) is 0 Å². The van der Waals surface area contributed by atoms with E-state index in [1.807, 2.05) is 30.3 Å². The van der Waals surface area contributed by atoms with E-state index in [9.17, 15) is 8.78 Å². The van der Waals surface area contributed by atoms with E-state index >= 15 is 0 Å². The van der Waals surface area contributed by atoms with Crippen molar-refractivity contribution in [3.05, 3.63) is 64.7 Å². The summed E-state index contributed by atoms with van der Waals surface area (Å²) < 4.78 is 31.7. The van der Waals surface area contributed by atoms with Gasteiger partial charge in [0, 0.05) is 0 Å². The van der Waals surface area contributed by atoms with E-state index in [-0.39, 0.29) is 17.4 Å². The normalized spacial score (nSPS) is 10.3. The van der Waals surface area contributed by atoms with Gasteiger partial charge >= 0.3 is 0 Å². The maximum Gasteiger partial charge on any atom is 0.177 e. The standard InChI is InChI=1S/C13H9ClF2O/c14-12-10(15)6-7-11(16)13(12)17-8-9-4-2-1-3-5-9/h1-7H,8H2. The van der Waals surface area contributed by atoms with Gasteiger partial charge in [0.1, 0.15) is 17.4 Å². The van der Waals surface area contributed by atoms with Crippen molar-refractivity contribution in [3.63, 3.8) is 0 Å². The molecule has 0 saturated carbocycles. The summed E-state index contributed by atoms with van der Waals surface area (Å²) in [5.74, 6) is -1.63. The summed E-state index contributed by atoms with van der Waals surface area (Å²) in [6, 6.07) is 11.1. The molecule has 0 radical (unpaired) electrons. The molecule has 4 heteroatoms. The van der Waals surface area contributed by atoms with Gasteiger partial charge in [0.05, 0.1) is 0 Å². The molecule has 0 aliphatic heterocycles. The average molecular weight is 255 g/mol. The highest BCUT2D eigenvalue weighted by atomic mass is 35.5. The molecule has 0 fully saturated rings.